The zero-order valence-electron chi connectivity index (χ0n) is 13.8. The molecule has 2 heterocycles. The normalized spacial score (nSPS) is 18.1. The lowest BCUT2D eigenvalue weighted by atomic mass is 10.1. The first-order valence-electron chi connectivity index (χ1n) is 8.44. The van der Waals surface area contributed by atoms with Crippen LogP contribution in [-0.4, -0.2) is 34.9 Å². The van der Waals surface area contributed by atoms with Gasteiger partial charge in [0.2, 0.25) is 5.91 Å². The van der Waals surface area contributed by atoms with Crippen molar-refractivity contribution in [1.82, 2.24) is 15.2 Å². The van der Waals surface area contributed by atoms with Crippen LogP contribution in [0.1, 0.15) is 24.0 Å². The van der Waals surface area contributed by atoms with Crippen LogP contribution in [0, 0.1) is 0 Å². The summed E-state index contributed by atoms with van der Waals surface area (Å²) in [5, 5.41) is 2.98. The number of nitrogens with zero attached hydrogens (tertiary/aromatic N) is 2. The number of likely N-dealkylation sites (tertiary alicyclic amines) is 1. The lowest BCUT2D eigenvalue weighted by Crippen LogP contribution is -2.38. The van der Waals surface area contributed by atoms with Gasteiger partial charge in [-0.1, -0.05) is 48.6 Å². The van der Waals surface area contributed by atoms with E-state index in [4.69, 9.17) is 0 Å². The lowest BCUT2D eigenvalue weighted by molar-refractivity contribution is -0.122. The third-order valence-corrected chi connectivity index (χ3v) is 4.28. The van der Waals surface area contributed by atoms with Gasteiger partial charge in [0.1, 0.15) is 0 Å². The Morgan fingerprint density at radius 3 is 2.92 bits per heavy atom. The van der Waals surface area contributed by atoms with Crippen LogP contribution < -0.4 is 5.32 Å². The third-order valence-electron chi connectivity index (χ3n) is 4.28. The fourth-order valence-corrected chi connectivity index (χ4v) is 3.00. The second-order valence-corrected chi connectivity index (χ2v) is 6.09. The largest absolute Gasteiger partial charge is 0.351 e. The van der Waals surface area contributed by atoms with Gasteiger partial charge in [-0.3, -0.25) is 14.7 Å². The van der Waals surface area contributed by atoms with Gasteiger partial charge in [0, 0.05) is 25.0 Å². The Morgan fingerprint density at radius 1 is 1.25 bits per heavy atom. The summed E-state index contributed by atoms with van der Waals surface area (Å²) >= 11 is 0. The average Bonchev–Trinajstić information content (AvgIpc) is 3.07. The Labute approximate surface area is 143 Å². The van der Waals surface area contributed by atoms with Crippen molar-refractivity contribution in [2.75, 3.05) is 13.1 Å². The van der Waals surface area contributed by atoms with Crippen LogP contribution in [0.5, 0.6) is 0 Å². The van der Waals surface area contributed by atoms with E-state index in [1.54, 1.807) is 12.4 Å². The molecule has 1 N–H and O–H groups in total. The molecule has 1 aliphatic rings. The highest BCUT2D eigenvalue weighted by Gasteiger charge is 2.23. The molecule has 24 heavy (non-hydrogen) atoms. The topological polar surface area (TPSA) is 45.2 Å². The molecule has 4 heteroatoms. The van der Waals surface area contributed by atoms with Gasteiger partial charge in [0.25, 0.3) is 0 Å². The molecule has 2 aromatic rings. The van der Waals surface area contributed by atoms with Crippen molar-refractivity contribution in [3.8, 4) is 0 Å². The Hall–Kier alpha value is -2.46. The van der Waals surface area contributed by atoms with E-state index >= 15 is 0 Å². The molecule has 124 valence electrons. The zero-order valence-corrected chi connectivity index (χ0v) is 13.8. The summed E-state index contributed by atoms with van der Waals surface area (Å²) in [5.41, 5.74) is 2.22. The first-order valence-corrected chi connectivity index (χ1v) is 8.44. The van der Waals surface area contributed by atoms with Crippen LogP contribution in [0.4, 0.5) is 0 Å². The highest BCUT2D eigenvalue weighted by molar-refractivity contribution is 5.78. The lowest BCUT2D eigenvalue weighted by Gasteiger charge is -2.21. The number of hydrogen-bond acceptors (Lipinski definition) is 3. The Balaban J connectivity index is 1.50. The summed E-state index contributed by atoms with van der Waals surface area (Å²) in [6, 6.07) is 14.5. The summed E-state index contributed by atoms with van der Waals surface area (Å²) in [6.45, 7) is 1.96. The Kier molecular flexibility index (Phi) is 5.75. The van der Waals surface area contributed by atoms with E-state index in [1.807, 2.05) is 30.3 Å². The molecule has 4 nitrogen and oxygen atoms in total. The maximum atomic E-state index is 12.2. The third kappa shape index (κ3) is 4.77. The van der Waals surface area contributed by atoms with E-state index in [-0.39, 0.29) is 5.91 Å². The van der Waals surface area contributed by atoms with Gasteiger partial charge >= 0.3 is 0 Å². The standard InChI is InChI=1S/C20H23N3O/c24-20(22-15-18-8-4-12-21-14-18)16-23-13-5-9-19(23)11-10-17-6-2-1-3-7-17/h1-4,6-8,10-12,14,19H,5,9,13,15-16H2,(H,22,24)/b11-10+/t19-/m0/s1. The van der Waals surface area contributed by atoms with Gasteiger partial charge in [-0.15, -0.1) is 0 Å². The van der Waals surface area contributed by atoms with Crippen molar-refractivity contribution in [2.24, 2.45) is 0 Å². The molecule has 0 unspecified atom stereocenters. The number of amides is 1. The first kappa shape index (κ1) is 16.4. The summed E-state index contributed by atoms with van der Waals surface area (Å²) < 4.78 is 0. The minimum Gasteiger partial charge on any atom is -0.351 e. The van der Waals surface area contributed by atoms with Crippen LogP contribution in [0.2, 0.25) is 0 Å². The van der Waals surface area contributed by atoms with Crippen LogP contribution in [0.25, 0.3) is 6.08 Å². The molecule has 0 saturated carbocycles. The second-order valence-electron chi connectivity index (χ2n) is 6.09. The molecular formula is C20H23N3O. The summed E-state index contributed by atoms with van der Waals surface area (Å²) in [7, 11) is 0. The van der Waals surface area contributed by atoms with Gasteiger partial charge in [-0.2, -0.15) is 0 Å². The van der Waals surface area contributed by atoms with Gasteiger partial charge in [-0.25, -0.2) is 0 Å². The van der Waals surface area contributed by atoms with E-state index in [0.29, 0.717) is 19.1 Å². The van der Waals surface area contributed by atoms with Crippen molar-refractivity contribution in [2.45, 2.75) is 25.4 Å². The van der Waals surface area contributed by atoms with E-state index in [2.05, 4.69) is 39.5 Å². The fraction of sp³-hybridized carbons (Fsp3) is 0.300. The van der Waals surface area contributed by atoms with Crippen LogP contribution in [-0.2, 0) is 11.3 Å². The van der Waals surface area contributed by atoms with Crippen LogP contribution in [0.15, 0.2) is 60.9 Å². The molecular weight excluding hydrogens is 298 g/mol. The van der Waals surface area contributed by atoms with E-state index in [0.717, 1.165) is 24.9 Å². The van der Waals surface area contributed by atoms with Gasteiger partial charge < -0.3 is 5.32 Å². The Bertz CT molecular complexity index is 670. The maximum Gasteiger partial charge on any atom is 0.234 e. The van der Waals surface area contributed by atoms with Crippen molar-refractivity contribution in [3.63, 3.8) is 0 Å². The number of nitrogens with one attached hydrogen (secondary N) is 1. The van der Waals surface area contributed by atoms with Crippen molar-refractivity contribution in [3.05, 3.63) is 72.1 Å². The minimum atomic E-state index is 0.0684. The SMILES string of the molecule is O=C(CN1CCC[C@H]1/C=C/c1ccccc1)NCc1cccnc1. The highest BCUT2D eigenvalue weighted by Crippen LogP contribution is 2.19. The van der Waals surface area contributed by atoms with E-state index in [9.17, 15) is 4.79 Å². The number of benzene rings is 1. The molecule has 1 aromatic heterocycles. The van der Waals surface area contributed by atoms with Crippen LogP contribution >= 0.6 is 0 Å². The zero-order chi connectivity index (χ0) is 16.6. The van der Waals surface area contributed by atoms with Gasteiger partial charge in [0.15, 0.2) is 0 Å². The number of carbonyl (C=O) groups excluding carboxylic acids is 1. The molecule has 1 fully saturated rings. The molecule has 1 aliphatic heterocycles. The fourth-order valence-electron chi connectivity index (χ4n) is 3.00. The number of pyridine rings is 1. The summed E-state index contributed by atoms with van der Waals surface area (Å²) in [5.74, 6) is 0.0684. The average molecular weight is 321 g/mol. The molecule has 1 amide bonds. The molecule has 0 bridgehead atoms. The van der Waals surface area contributed by atoms with Crippen molar-refractivity contribution >= 4 is 12.0 Å². The van der Waals surface area contributed by atoms with E-state index < -0.39 is 0 Å². The van der Waals surface area contributed by atoms with Crippen molar-refractivity contribution in [1.29, 1.82) is 0 Å². The quantitative estimate of drug-likeness (QED) is 0.890. The van der Waals surface area contributed by atoms with Crippen LogP contribution in [0.3, 0.4) is 0 Å². The van der Waals surface area contributed by atoms with Gasteiger partial charge in [0.05, 0.1) is 6.54 Å². The highest BCUT2D eigenvalue weighted by atomic mass is 16.2. The number of hydrogen-bond donors (Lipinski definition) is 1. The predicted molar refractivity (Wildman–Crippen MR) is 96.2 cm³/mol. The molecule has 3 rings (SSSR count). The monoisotopic (exact) mass is 321 g/mol. The number of aromatic nitrogens is 1. The number of rotatable bonds is 6. The maximum absolute atomic E-state index is 12.2. The smallest absolute Gasteiger partial charge is 0.234 e. The summed E-state index contributed by atoms with van der Waals surface area (Å²) in [4.78, 5) is 18.5. The Morgan fingerprint density at radius 2 is 2.12 bits per heavy atom. The minimum absolute atomic E-state index is 0.0684. The molecule has 1 aromatic carbocycles. The molecule has 1 atom stereocenters. The summed E-state index contributed by atoms with van der Waals surface area (Å²) in [6.07, 6.45) is 10.1. The first-order chi connectivity index (χ1) is 11.8. The van der Waals surface area contributed by atoms with Crippen molar-refractivity contribution < 1.29 is 4.79 Å². The van der Waals surface area contributed by atoms with E-state index in [1.165, 1.54) is 5.56 Å². The molecule has 0 aliphatic carbocycles. The molecule has 1 saturated heterocycles. The number of carbonyl (C=O) groups is 1. The molecule has 0 radical (unpaired) electrons. The van der Waals surface area contributed by atoms with Gasteiger partial charge in [-0.05, 0) is 36.6 Å². The predicted octanol–water partition coefficient (Wildman–Crippen LogP) is 2.88. The second kappa shape index (κ2) is 8.41. The molecule has 0 spiro atoms.